The van der Waals surface area contributed by atoms with E-state index < -0.39 is 5.97 Å². The molecule has 0 aliphatic heterocycles. The van der Waals surface area contributed by atoms with Gasteiger partial charge in [-0.25, -0.2) is 9.48 Å². The van der Waals surface area contributed by atoms with E-state index in [1.165, 1.54) is 16.8 Å². The van der Waals surface area contributed by atoms with Crippen molar-refractivity contribution in [2.75, 3.05) is 6.61 Å². The third-order valence-electron chi connectivity index (χ3n) is 3.56. The van der Waals surface area contributed by atoms with Crippen LogP contribution in [0.3, 0.4) is 0 Å². The lowest BCUT2D eigenvalue weighted by molar-refractivity contribution is 0.0490. The van der Waals surface area contributed by atoms with E-state index >= 15 is 0 Å². The van der Waals surface area contributed by atoms with Crippen molar-refractivity contribution in [3.8, 4) is 0 Å². The van der Waals surface area contributed by atoms with E-state index in [-0.39, 0.29) is 11.3 Å². The van der Waals surface area contributed by atoms with Gasteiger partial charge in [0.1, 0.15) is 0 Å². The molecule has 0 radical (unpaired) electrons. The minimum atomic E-state index is -0.502. The number of hydrogen-bond acceptors (Lipinski definition) is 5. The van der Waals surface area contributed by atoms with E-state index in [9.17, 15) is 9.59 Å². The number of unbranched alkanes of at least 4 members (excludes halogenated alkanes) is 1. The molecule has 2 aromatic heterocycles. The smallest absolute Gasteiger partial charge is 0.358 e. The number of ether oxygens (including phenoxy) is 1. The van der Waals surface area contributed by atoms with Gasteiger partial charge in [-0.05, 0) is 44.4 Å². The number of aryl methyl sites for hydroxylation is 3. The van der Waals surface area contributed by atoms with Crippen molar-refractivity contribution in [1.29, 1.82) is 0 Å². The molecule has 2 rings (SSSR count). The van der Waals surface area contributed by atoms with Crippen LogP contribution in [0.1, 0.15) is 48.1 Å². The highest BCUT2D eigenvalue weighted by Crippen LogP contribution is 2.03. The van der Waals surface area contributed by atoms with E-state index in [2.05, 4.69) is 10.1 Å². The predicted molar refractivity (Wildman–Crippen MR) is 91.0 cm³/mol. The molecule has 0 N–H and O–H groups in total. The van der Waals surface area contributed by atoms with Gasteiger partial charge in [0.15, 0.2) is 5.69 Å². The van der Waals surface area contributed by atoms with Gasteiger partial charge in [0.2, 0.25) is 0 Å². The standard InChI is InChI=1S/C18H23N3O3/c1-3-4-12-21-17(22)11-10-16(20-21)18(23)24-13-6-9-15-8-5-7-14(2)19-15/h5,7-8,10-11H,3-4,6,9,12-13H2,1-2H3. The van der Waals surface area contributed by atoms with Crippen molar-refractivity contribution in [2.45, 2.75) is 46.1 Å². The molecule has 24 heavy (non-hydrogen) atoms. The zero-order chi connectivity index (χ0) is 17.4. The Bertz CT molecular complexity index is 740. The highest BCUT2D eigenvalue weighted by Gasteiger charge is 2.11. The van der Waals surface area contributed by atoms with Crippen molar-refractivity contribution >= 4 is 5.97 Å². The second-order valence-electron chi connectivity index (χ2n) is 5.64. The van der Waals surface area contributed by atoms with Gasteiger partial charge < -0.3 is 4.74 Å². The molecule has 2 aromatic rings. The molecule has 128 valence electrons. The molecule has 0 amide bonds. The van der Waals surface area contributed by atoms with Crippen LogP contribution in [0.4, 0.5) is 0 Å². The Morgan fingerprint density at radius 2 is 2.04 bits per heavy atom. The van der Waals surface area contributed by atoms with E-state index in [1.807, 2.05) is 32.0 Å². The number of rotatable bonds is 8. The molecule has 0 aliphatic carbocycles. The number of hydrogen-bond donors (Lipinski definition) is 0. The van der Waals surface area contributed by atoms with Crippen LogP contribution in [-0.2, 0) is 17.7 Å². The van der Waals surface area contributed by atoms with E-state index in [0.717, 1.165) is 30.7 Å². The van der Waals surface area contributed by atoms with Crippen LogP contribution in [0.2, 0.25) is 0 Å². The lowest BCUT2D eigenvalue weighted by Gasteiger charge is -2.07. The highest BCUT2D eigenvalue weighted by atomic mass is 16.5. The van der Waals surface area contributed by atoms with E-state index in [0.29, 0.717) is 19.6 Å². The Kier molecular flexibility index (Phi) is 6.66. The molecular weight excluding hydrogens is 306 g/mol. The molecule has 0 aromatic carbocycles. The Hall–Kier alpha value is -2.50. The van der Waals surface area contributed by atoms with E-state index in [4.69, 9.17) is 4.74 Å². The third-order valence-corrected chi connectivity index (χ3v) is 3.56. The fourth-order valence-electron chi connectivity index (χ4n) is 2.26. The zero-order valence-corrected chi connectivity index (χ0v) is 14.2. The van der Waals surface area contributed by atoms with Gasteiger partial charge in [0.25, 0.3) is 5.56 Å². The minimum absolute atomic E-state index is 0.166. The summed E-state index contributed by atoms with van der Waals surface area (Å²) in [6, 6.07) is 8.64. The third kappa shape index (κ3) is 5.30. The van der Waals surface area contributed by atoms with Gasteiger partial charge in [-0.3, -0.25) is 9.78 Å². The quantitative estimate of drug-likeness (QED) is 0.549. The summed E-state index contributed by atoms with van der Waals surface area (Å²) in [6.07, 6.45) is 3.24. The van der Waals surface area contributed by atoms with Crippen LogP contribution in [0, 0.1) is 6.92 Å². The van der Waals surface area contributed by atoms with Gasteiger partial charge in [-0.15, -0.1) is 0 Å². The molecular formula is C18H23N3O3. The zero-order valence-electron chi connectivity index (χ0n) is 14.2. The molecule has 6 heteroatoms. The topological polar surface area (TPSA) is 74.1 Å². The summed E-state index contributed by atoms with van der Waals surface area (Å²) in [7, 11) is 0. The van der Waals surface area contributed by atoms with Crippen molar-refractivity contribution in [3.63, 3.8) is 0 Å². The molecule has 6 nitrogen and oxygen atoms in total. The maximum Gasteiger partial charge on any atom is 0.358 e. The number of nitrogens with zero attached hydrogens (tertiary/aromatic N) is 3. The summed E-state index contributed by atoms with van der Waals surface area (Å²) in [4.78, 5) is 28.1. The molecule has 2 heterocycles. The predicted octanol–water partition coefficient (Wildman–Crippen LogP) is 2.54. The summed E-state index contributed by atoms with van der Waals surface area (Å²) in [5, 5.41) is 4.08. The molecule has 0 saturated heterocycles. The SMILES string of the molecule is CCCCn1nc(C(=O)OCCCc2cccc(C)n2)ccc1=O. The normalized spacial score (nSPS) is 10.6. The van der Waals surface area contributed by atoms with Gasteiger partial charge in [-0.1, -0.05) is 19.4 Å². The molecule has 0 aliphatic rings. The summed E-state index contributed by atoms with van der Waals surface area (Å²) >= 11 is 0. The monoisotopic (exact) mass is 329 g/mol. The maximum atomic E-state index is 12.0. The van der Waals surface area contributed by atoms with Crippen LogP contribution in [0.25, 0.3) is 0 Å². The number of pyridine rings is 1. The first-order chi connectivity index (χ1) is 11.6. The van der Waals surface area contributed by atoms with Crippen LogP contribution >= 0.6 is 0 Å². The van der Waals surface area contributed by atoms with Crippen LogP contribution in [0.15, 0.2) is 35.1 Å². The number of carbonyl (C=O) groups excluding carboxylic acids is 1. The fourth-order valence-corrected chi connectivity index (χ4v) is 2.26. The lowest BCUT2D eigenvalue weighted by Crippen LogP contribution is -2.25. The Labute approximate surface area is 141 Å². The number of aromatic nitrogens is 3. The Morgan fingerprint density at radius 1 is 1.21 bits per heavy atom. The average Bonchev–Trinajstić information content (AvgIpc) is 2.58. The van der Waals surface area contributed by atoms with Crippen molar-refractivity contribution in [2.24, 2.45) is 0 Å². The largest absolute Gasteiger partial charge is 0.461 e. The summed E-state index contributed by atoms with van der Waals surface area (Å²) in [5.74, 6) is -0.502. The van der Waals surface area contributed by atoms with Gasteiger partial charge in [0, 0.05) is 24.0 Å². The fraction of sp³-hybridized carbons (Fsp3) is 0.444. The lowest BCUT2D eigenvalue weighted by atomic mass is 10.2. The Balaban J connectivity index is 1.85. The van der Waals surface area contributed by atoms with Crippen molar-refractivity contribution < 1.29 is 9.53 Å². The first-order valence-corrected chi connectivity index (χ1v) is 8.28. The van der Waals surface area contributed by atoms with Crippen molar-refractivity contribution in [3.05, 3.63) is 57.8 Å². The van der Waals surface area contributed by atoms with Crippen LogP contribution in [-0.4, -0.2) is 27.3 Å². The van der Waals surface area contributed by atoms with E-state index in [1.54, 1.807) is 0 Å². The average molecular weight is 329 g/mol. The highest BCUT2D eigenvalue weighted by molar-refractivity contribution is 5.86. The van der Waals surface area contributed by atoms with Gasteiger partial charge in [0.05, 0.1) is 6.61 Å². The summed E-state index contributed by atoms with van der Waals surface area (Å²) in [5.41, 5.74) is 1.92. The minimum Gasteiger partial charge on any atom is -0.461 e. The molecule has 0 saturated carbocycles. The number of esters is 1. The maximum absolute atomic E-state index is 12.0. The second kappa shape index (κ2) is 8.96. The van der Waals surface area contributed by atoms with Gasteiger partial charge in [-0.2, -0.15) is 5.10 Å². The molecule has 0 unspecified atom stereocenters. The molecule has 0 bridgehead atoms. The van der Waals surface area contributed by atoms with Crippen LogP contribution < -0.4 is 5.56 Å². The second-order valence-corrected chi connectivity index (χ2v) is 5.64. The van der Waals surface area contributed by atoms with Crippen LogP contribution in [0.5, 0.6) is 0 Å². The Morgan fingerprint density at radius 3 is 2.79 bits per heavy atom. The summed E-state index contributed by atoms with van der Waals surface area (Å²) in [6.45, 7) is 4.79. The molecule has 0 spiro atoms. The first kappa shape index (κ1) is 17.8. The van der Waals surface area contributed by atoms with Crippen molar-refractivity contribution in [1.82, 2.24) is 14.8 Å². The van der Waals surface area contributed by atoms with Gasteiger partial charge >= 0.3 is 5.97 Å². The number of carbonyl (C=O) groups is 1. The molecule has 0 fully saturated rings. The molecule has 0 atom stereocenters. The first-order valence-electron chi connectivity index (χ1n) is 8.28. The summed E-state index contributed by atoms with van der Waals surface area (Å²) < 4.78 is 6.55.